The van der Waals surface area contributed by atoms with Gasteiger partial charge in [-0.2, -0.15) is 0 Å². The Hall–Kier alpha value is -0.580. The topological polar surface area (TPSA) is 24.9 Å². The van der Waals surface area contributed by atoms with Gasteiger partial charge in [0.25, 0.3) is 0 Å². The summed E-state index contributed by atoms with van der Waals surface area (Å²) in [6.45, 7) is 7.75. The highest BCUT2D eigenvalue weighted by Crippen LogP contribution is 2.13. The second-order valence-electron chi connectivity index (χ2n) is 2.93. The Morgan fingerprint density at radius 3 is 2.85 bits per heavy atom. The van der Waals surface area contributed by atoms with Crippen LogP contribution in [0, 0.1) is 10.5 Å². The Labute approximate surface area is 92.6 Å². The lowest BCUT2D eigenvalue weighted by atomic mass is 10.3. The third kappa shape index (κ3) is 2.99. The van der Waals surface area contributed by atoms with Crippen LogP contribution in [0.1, 0.15) is 12.6 Å². The first-order valence-electron chi connectivity index (χ1n) is 4.15. The number of halogens is 1. The molecule has 0 aliphatic carbocycles. The molecule has 0 bridgehead atoms. The van der Waals surface area contributed by atoms with Crippen LogP contribution in [0.3, 0.4) is 0 Å². The van der Waals surface area contributed by atoms with E-state index in [0.717, 1.165) is 11.5 Å². The van der Waals surface area contributed by atoms with Gasteiger partial charge >= 0.3 is 0 Å². The van der Waals surface area contributed by atoms with Crippen LogP contribution in [0.15, 0.2) is 24.8 Å². The fourth-order valence-corrected chi connectivity index (χ4v) is 1.22. The summed E-state index contributed by atoms with van der Waals surface area (Å²) in [6.07, 6.45) is 1.86. The molecular weight excluding hydrogens is 275 g/mol. The molecule has 1 aromatic rings. The number of pyridine rings is 1. The van der Waals surface area contributed by atoms with E-state index in [1.165, 1.54) is 3.57 Å². The average Bonchev–Trinajstić information content (AvgIpc) is 2.11. The molecule has 70 valence electrons. The summed E-state index contributed by atoms with van der Waals surface area (Å²) < 4.78 is 1.19. The van der Waals surface area contributed by atoms with Crippen LogP contribution in [-0.2, 0) is 0 Å². The van der Waals surface area contributed by atoms with Crippen molar-refractivity contribution in [2.24, 2.45) is 0 Å². The third-order valence-corrected chi connectivity index (χ3v) is 2.89. The van der Waals surface area contributed by atoms with E-state index < -0.39 is 0 Å². The van der Waals surface area contributed by atoms with E-state index in [-0.39, 0.29) is 6.04 Å². The smallest absolute Gasteiger partial charge is 0.126 e. The van der Waals surface area contributed by atoms with E-state index in [9.17, 15) is 0 Å². The number of aromatic nitrogens is 1. The first-order valence-corrected chi connectivity index (χ1v) is 5.23. The highest BCUT2D eigenvalue weighted by molar-refractivity contribution is 14.1. The van der Waals surface area contributed by atoms with Gasteiger partial charge in [-0.15, -0.1) is 6.58 Å². The van der Waals surface area contributed by atoms with Crippen LogP contribution in [0.2, 0.25) is 0 Å². The maximum absolute atomic E-state index is 4.39. The van der Waals surface area contributed by atoms with Gasteiger partial charge in [-0.1, -0.05) is 6.08 Å². The van der Waals surface area contributed by atoms with Crippen LogP contribution in [0.5, 0.6) is 0 Å². The molecule has 1 N–H and O–H groups in total. The van der Waals surface area contributed by atoms with Gasteiger partial charge in [-0.3, -0.25) is 0 Å². The number of hydrogen-bond donors (Lipinski definition) is 1. The van der Waals surface area contributed by atoms with Crippen molar-refractivity contribution in [2.45, 2.75) is 19.9 Å². The van der Waals surface area contributed by atoms with Crippen molar-refractivity contribution in [1.29, 1.82) is 0 Å². The molecule has 0 amide bonds. The van der Waals surface area contributed by atoms with E-state index in [4.69, 9.17) is 0 Å². The maximum Gasteiger partial charge on any atom is 0.126 e. The quantitative estimate of drug-likeness (QED) is 0.683. The van der Waals surface area contributed by atoms with Gasteiger partial charge in [0.05, 0.1) is 5.69 Å². The summed E-state index contributed by atoms with van der Waals surface area (Å²) in [5.74, 6) is 0.908. The molecule has 2 nitrogen and oxygen atoms in total. The van der Waals surface area contributed by atoms with E-state index in [1.807, 2.05) is 26.0 Å². The second kappa shape index (κ2) is 4.60. The van der Waals surface area contributed by atoms with E-state index in [0.29, 0.717) is 0 Å². The van der Waals surface area contributed by atoms with Gasteiger partial charge in [0.1, 0.15) is 5.82 Å². The Morgan fingerprint density at radius 2 is 2.31 bits per heavy atom. The van der Waals surface area contributed by atoms with Crippen molar-refractivity contribution < 1.29 is 0 Å². The summed E-state index contributed by atoms with van der Waals surface area (Å²) >= 11 is 2.27. The van der Waals surface area contributed by atoms with Gasteiger partial charge in [-0.05, 0) is 48.6 Å². The van der Waals surface area contributed by atoms with Crippen molar-refractivity contribution in [2.75, 3.05) is 5.32 Å². The fourth-order valence-electron chi connectivity index (χ4n) is 0.917. The Bertz CT molecular complexity index is 310. The fraction of sp³-hybridized carbons (Fsp3) is 0.300. The molecule has 0 saturated carbocycles. The Balaban J connectivity index is 2.79. The first kappa shape index (κ1) is 10.5. The zero-order chi connectivity index (χ0) is 9.84. The molecule has 13 heavy (non-hydrogen) atoms. The number of rotatable bonds is 3. The van der Waals surface area contributed by atoms with E-state index in [2.05, 4.69) is 45.5 Å². The van der Waals surface area contributed by atoms with Crippen LogP contribution in [0.4, 0.5) is 5.82 Å². The summed E-state index contributed by atoms with van der Waals surface area (Å²) in [5.41, 5.74) is 1.06. The monoisotopic (exact) mass is 288 g/mol. The minimum absolute atomic E-state index is 0.256. The highest BCUT2D eigenvalue weighted by Gasteiger charge is 2.00. The Kier molecular flexibility index (Phi) is 3.71. The molecule has 0 spiro atoms. The normalized spacial score (nSPS) is 12.2. The molecule has 0 aliphatic heterocycles. The van der Waals surface area contributed by atoms with E-state index >= 15 is 0 Å². The van der Waals surface area contributed by atoms with Crippen molar-refractivity contribution in [3.8, 4) is 0 Å². The summed E-state index contributed by atoms with van der Waals surface area (Å²) in [7, 11) is 0. The van der Waals surface area contributed by atoms with Crippen LogP contribution in [-0.4, -0.2) is 11.0 Å². The Morgan fingerprint density at radius 1 is 1.62 bits per heavy atom. The molecule has 0 radical (unpaired) electrons. The highest BCUT2D eigenvalue weighted by atomic mass is 127. The summed E-state index contributed by atoms with van der Waals surface area (Å²) in [4.78, 5) is 4.39. The molecular formula is C10H13IN2. The largest absolute Gasteiger partial charge is 0.364 e. The van der Waals surface area contributed by atoms with Crippen LogP contribution in [0.25, 0.3) is 0 Å². The number of aryl methyl sites for hydroxylation is 1. The van der Waals surface area contributed by atoms with Crippen LogP contribution >= 0.6 is 22.6 Å². The van der Waals surface area contributed by atoms with Gasteiger partial charge in [0, 0.05) is 9.61 Å². The lowest BCUT2D eigenvalue weighted by Gasteiger charge is -2.10. The van der Waals surface area contributed by atoms with Crippen molar-refractivity contribution in [3.05, 3.63) is 34.1 Å². The SMILES string of the molecule is C=CC(C)Nc1ccc(I)c(C)n1. The third-order valence-electron chi connectivity index (χ3n) is 1.75. The summed E-state index contributed by atoms with van der Waals surface area (Å²) in [5, 5.41) is 3.23. The minimum atomic E-state index is 0.256. The molecule has 1 rings (SSSR count). The van der Waals surface area contributed by atoms with Gasteiger partial charge in [-0.25, -0.2) is 4.98 Å². The standard InChI is InChI=1S/C10H13IN2/c1-4-7(2)12-10-6-5-9(11)8(3)13-10/h4-7H,1H2,2-3H3,(H,12,13). The van der Waals surface area contributed by atoms with Crippen molar-refractivity contribution >= 4 is 28.4 Å². The summed E-state index contributed by atoms with van der Waals surface area (Å²) in [6, 6.07) is 4.29. The predicted octanol–water partition coefficient (Wildman–Crippen LogP) is 2.98. The predicted molar refractivity (Wildman–Crippen MR) is 65.0 cm³/mol. The zero-order valence-corrected chi connectivity index (χ0v) is 10.00. The molecule has 0 saturated heterocycles. The van der Waals surface area contributed by atoms with Crippen molar-refractivity contribution in [1.82, 2.24) is 4.98 Å². The number of hydrogen-bond acceptors (Lipinski definition) is 2. The molecule has 0 aromatic carbocycles. The molecule has 1 heterocycles. The molecule has 1 atom stereocenters. The first-order chi connectivity index (χ1) is 6.13. The molecule has 3 heteroatoms. The lowest BCUT2D eigenvalue weighted by molar-refractivity contribution is 0.976. The molecule has 1 aromatic heterocycles. The van der Waals surface area contributed by atoms with E-state index in [1.54, 1.807) is 0 Å². The molecule has 0 aliphatic rings. The molecule has 1 unspecified atom stereocenters. The average molecular weight is 288 g/mol. The van der Waals surface area contributed by atoms with Crippen LogP contribution < -0.4 is 5.32 Å². The van der Waals surface area contributed by atoms with Gasteiger partial charge in [0.2, 0.25) is 0 Å². The number of nitrogens with one attached hydrogen (secondary N) is 1. The number of anilines is 1. The molecule has 0 fully saturated rings. The second-order valence-corrected chi connectivity index (χ2v) is 4.09. The zero-order valence-electron chi connectivity index (χ0n) is 7.84. The number of nitrogens with zero attached hydrogens (tertiary/aromatic N) is 1. The lowest BCUT2D eigenvalue weighted by Crippen LogP contribution is -2.12. The maximum atomic E-state index is 4.39. The minimum Gasteiger partial charge on any atom is -0.364 e. The van der Waals surface area contributed by atoms with Crippen molar-refractivity contribution in [3.63, 3.8) is 0 Å². The van der Waals surface area contributed by atoms with Gasteiger partial charge < -0.3 is 5.32 Å². The van der Waals surface area contributed by atoms with Gasteiger partial charge in [0.15, 0.2) is 0 Å².